The highest BCUT2D eigenvalue weighted by atomic mass is 19.1. The monoisotopic (exact) mass is 425 g/mol. The van der Waals surface area contributed by atoms with Gasteiger partial charge in [0, 0.05) is 54.9 Å². The molecule has 2 aliphatic rings. The van der Waals surface area contributed by atoms with Crippen molar-refractivity contribution in [1.29, 1.82) is 0 Å². The fraction of sp³-hybridized carbons (Fsp3) is 0.423. The number of aliphatic hydroxyl groups is 1. The maximum atomic E-state index is 14.0. The molecule has 0 saturated carbocycles. The summed E-state index contributed by atoms with van der Waals surface area (Å²) in [5, 5.41) is 12.8. The van der Waals surface area contributed by atoms with Crippen LogP contribution in [0.4, 0.5) is 4.39 Å². The first-order valence-corrected chi connectivity index (χ1v) is 11.0. The highest BCUT2D eigenvalue weighted by molar-refractivity contribution is 5.74. The Morgan fingerprint density at radius 1 is 1.29 bits per heavy atom. The number of nitrogens with one attached hydrogen (secondary N) is 1. The topological polar surface area (TPSA) is 47.9 Å². The molecule has 4 nitrogen and oxygen atoms in total. The van der Waals surface area contributed by atoms with Gasteiger partial charge in [-0.1, -0.05) is 18.7 Å². The predicted octanol–water partition coefficient (Wildman–Crippen LogP) is 6.27. The van der Waals surface area contributed by atoms with Crippen LogP contribution in [0.1, 0.15) is 47.0 Å². The average Bonchev–Trinajstić information content (AvgIpc) is 2.74. The molecule has 0 amide bonds. The zero-order chi connectivity index (χ0) is 22.8. The standard InChI is InChI=1S/C26H36FN3O/c1-6-28-14-11-24-9-7-8-10-26(24)29-22(5)23-12-15-30(16-13-23)20(3)17-19(2)25(27)18-21(4)31/h7-8,10-11,14,17-18,23,29,31H,5-6,9,12-13,15-16H2,1-4H3/b20-17+,21-18+,24-11+,25-19+,28-14?. The molecule has 0 aromatic rings. The molecule has 31 heavy (non-hydrogen) atoms. The summed E-state index contributed by atoms with van der Waals surface area (Å²) < 4.78 is 14.0. The number of aliphatic hydroxyl groups excluding tert-OH is 1. The van der Waals surface area contributed by atoms with E-state index in [0.717, 1.165) is 62.1 Å². The lowest BCUT2D eigenvalue weighted by Crippen LogP contribution is -2.35. The van der Waals surface area contributed by atoms with Crippen molar-refractivity contribution < 1.29 is 9.50 Å². The molecule has 0 aromatic carbocycles. The first-order chi connectivity index (χ1) is 14.8. The highest BCUT2D eigenvalue weighted by Gasteiger charge is 2.22. The molecule has 0 spiro atoms. The van der Waals surface area contributed by atoms with Crippen LogP contribution in [0, 0.1) is 5.92 Å². The molecule has 5 heteroatoms. The van der Waals surface area contributed by atoms with Gasteiger partial charge in [-0.15, -0.1) is 0 Å². The smallest absolute Gasteiger partial charge is 0.129 e. The molecule has 0 aromatic heterocycles. The molecule has 2 rings (SSSR count). The van der Waals surface area contributed by atoms with E-state index >= 15 is 0 Å². The van der Waals surface area contributed by atoms with Crippen molar-refractivity contribution in [1.82, 2.24) is 10.2 Å². The fourth-order valence-corrected chi connectivity index (χ4v) is 3.73. The number of halogens is 1. The maximum Gasteiger partial charge on any atom is 0.129 e. The number of allylic oxidation sites excluding steroid dienone is 12. The summed E-state index contributed by atoms with van der Waals surface area (Å²) >= 11 is 0. The van der Waals surface area contributed by atoms with E-state index in [0.29, 0.717) is 11.5 Å². The Bertz CT molecular complexity index is 859. The Hall–Kier alpha value is -2.82. The first-order valence-electron chi connectivity index (χ1n) is 11.0. The van der Waals surface area contributed by atoms with Crippen molar-refractivity contribution in [3.05, 3.63) is 82.9 Å². The summed E-state index contributed by atoms with van der Waals surface area (Å²) in [6.07, 6.45) is 16.1. The minimum atomic E-state index is -0.408. The van der Waals surface area contributed by atoms with Gasteiger partial charge in [0.2, 0.25) is 0 Å². The van der Waals surface area contributed by atoms with Gasteiger partial charge in [0.15, 0.2) is 0 Å². The van der Waals surface area contributed by atoms with Crippen LogP contribution in [0.5, 0.6) is 0 Å². The Labute approximate surface area is 186 Å². The van der Waals surface area contributed by atoms with Crippen LogP contribution in [-0.2, 0) is 0 Å². The van der Waals surface area contributed by atoms with Gasteiger partial charge in [-0.2, -0.15) is 0 Å². The van der Waals surface area contributed by atoms with E-state index in [1.54, 1.807) is 6.92 Å². The van der Waals surface area contributed by atoms with E-state index in [-0.39, 0.29) is 5.76 Å². The van der Waals surface area contributed by atoms with Gasteiger partial charge in [0.25, 0.3) is 0 Å². The Kier molecular flexibility index (Phi) is 9.57. The van der Waals surface area contributed by atoms with Crippen LogP contribution in [0.3, 0.4) is 0 Å². The Morgan fingerprint density at radius 3 is 2.65 bits per heavy atom. The first kappa shape index (κ1) is 24.4. The lowest BCUT2D eigenvalue weighted by Gasteiger charge is -2.35. The van der Waals surface area contributed by atoms with Gasteiger partial charge in [-0.25, -0.2) is 4.39 Å². The number of rotatable bonds is 8. The maximum absolute atomic E-state index is 14.0. The molecule has 1 aliphatic carbocycles. The molecule has 0 radical (unpaired) electrons. The Morgan fingerprint density at radius 2 is 2.00 bits per heavy atom. The highest BCUT2D eigenvalue weighted by Crippen LogP contribution is 2.27. The summed E-state index contributed by atoms with van der Waals surface area (Å²) in [6, 6.07) is 0. The minimum absolute atomic E-state index is 0.0334. The van der Waals surface area contributed by atoms with Crippen molar-refractivity contribution >= 4 is 6.21 Å². The SMILES string of the molecule is C=C(NC1=CC=CC/C1=C\C=NCC)C1CCN(/C(C)=C/C(C)=C(F)\C=C(/C)O)CC1. The molecule has 1 heterocycles. The molecule has 1 saturated heterocycles. The van der Waals surface area contributed by atoms with E-state index in [1.165, 1.54) is 12.5 Å². The van der Waals surface area contributed by atoms with Crippen LogP contribution >= 0.6 is 0 Å². The molecule has 0 unspecified atom stereocenters. The number of likely N-dealkylation sites (tertiary alicyclic amines) is 1. The number of hydrogen-bond acceptors (Lipinski definition) is 4. The molecule has 2 N–H and O–H groups in total. The summed E-state index contributed by atoms with van der Waals surface area (Å²) in [6.45, 7) is 14.1. The largest absolute Gasteiger partial charge is 0.513 e. The van der Waals surface area contributed by atoms with Gasteiger partial charge >= 0.3 is 0 Å². The van der Waals surface area contributed by atoms with E-state index < -0.39 is 5.83 Å². The lowest BCUT2D eigenvalue weighted by atomic mass is 9.92. The van der Waals surface area contributed by atoms with Gasteiger partial charge in [0.05, 0.1) is 5.76 Å². The van der Waals surface area contributed by atoms with E-state index in [2.05, 4.69) is 46.1 Å². The lowest BCUT2D eigenvalue weighted by molar-refractivity contribution is 0.242. The van der Waals surface area contributed by atoms with Crippen molar-refractivity contribution in [3.63, 3.8) is 0 Å². The summed E-state index contributed by atoms with van der Waals surface area (Å²) in [4.78, 5) is 6.57. The van der Waals surface area contributed by atoms with Gasteiger partial charge < -0.3 is 15.3 Å². The summed E-state index contributed by atoms with van der Waals surface area (Å²) in [5.74, 6) is -0.0434. The zero-order valence-corrected chi connectivity index (χ0v) is 19.3. The second-order valence-corrected chi connectivity index (χ2v) is 8.07. The second kappa shape index (κ2) is 12.1. The molecule has 0 bridgehead atoms. The molecule has 1 aliphatic heterocycles. The van der Waals surface area contributed by atoms with Crippen LogP contribution < -0.4 is 5.32 Å². The average molecular weight is 426 g/mol. The molecular weight excluding hydrogens is 389 g/mol. The van der Waals surface area contributed by atoms with Crippen molar-refractivity contribution in [3.8, 4) is 0 Å². The van der Waals surface area contributed by atoms with Crippen LogP contribution in [0.25, 0.3) is 0 Å². The molecule has 0 atom stereocenters. The third-order valence-electron chi connectivity index (χ3n) is 5.57. The van der Waals surface area contributed by atoms with Crippen LogP contribution in [-0.4, -0.2) is 35.9 Å². The summed E-state index contributed by atoms with van der Waals surface area (Å²) in [7, 11) is 0. The van der Waals surface area contributed by atoms with Crippen molar-refractivity contribution in [2.24, 2.45) is 10.9 Å². The molecular formula is C26H36FN3O. The van der Waals surface area contributed by atoms with Crippen molar-refractivity contribution in [2.75, 3.05) is 19.6 Å². The Balaban J connectivity index is 1.95. The zero-order valence-electron chi connectivity index (χ0n) is 19.3. The second-order valence-electron chi connectivity index (χ2n) is 8.07. The molecule has 1 fully saturated rings. The number of piperidine rings is 1. The van der Waals surface area contributed by atoms with E-state index in [4.69, 9.17) is 0 Å². The van der Waals surface area contributed by atoms with Crippen LogP contribution in [0.2, 0.25) is 0 Å². The predicted molar refractivity (Wildman–Crippen MR) is 129 cm³/mol. The molecule has 168 valence electrons. The number of aliphatic imine (C=N–C) groups is 1. The normalized spacial score (nSPS) is 20.9. The minimum Gasteiger partial charge on any atom is -0.513 e. The van der Waals surface area contributed by atoms with Gasteiger partial charge in [-0.3, -0.25) is 4.99 Å². The van der Waals surface area contributed by atoms with Crippen LogP contribution in [0.15, 0.2) is 87.9 Å². The number of nitrogens with zero attached hydrogens (tertiary/aromatic N) is 2. The fourth-order valence-electron chi connectivity index (χ4n) is 3.73. The third-order valence-corrected chi connectivity index (χ3v) is 5.57. The van der Waals surface area contributed by atoms with Crippen molar-refractivity contribution in [2.45, 2.75) is 47.0 Å². The summed E-state index contributed by atoms with van der Waals surface area (Å²) in [5.41, 5.74) is 4.91. The number of hydrogen-bond donors (Lipinski definition) is 2. The third kappa shape index (κ3) is 7.74. The van der Waals surface area contributed by atoms with Gasteiger partial charge in [-0.05, 0) is 76.3 Å². The van der Waals surface area contributed by atoms with E-state index in [1.807, 2.05) is 26.1 Å². The quantitative estimate of drug-likeness (QED) is 0.274. The van der Waals surface area contributed by atoms with Gasteiger partial charge in [0.1, 0.15) is 5.83 Å². The van der Waals surface area contributed by atoms with E-state index in [9.17, 15) is 9.50 Å².